The number of rotatable bonds is 6. The van der Waals surface area contributed by atoms with Gasteiger partial charge in [-0.25, -0.2) is 17.8 Å². The monoisotopic (exact) mass is 352 g/mol. The lowest BCUT2D eigenvalue weighted by atomic mass is 10.1. The van der Waals surface area contributed by atoms with Gasteiger partial charge in [-0.05, 0) is 30.5 Å². The van der Waals surface area contributed by atoms with Gasteiger partial charge in [0.1, 0.15) is 6.21 Å². The molecule has 130 valence electrons. The number of carbonyl (C=O) groups is 2. The van der Waals surface area contributed by atoms with Crippen molar-refractivity contribution in [3.05, 3.63) is 29.8 Å². The summed E-state index contributed by atoms with van der Waals surface area (Å²) in [6, 6.07) is 6.51. The van der Waals surface area contributed by atoms with Gasteiger partial charge in [-0.1, -0.05) is 25.5 Å². The van der Waals surface area contributed by atoms with Crippen molar-refractivity contribution >= 4 is 33.9 Å². The first-order valence-corrected chi connectivity index (χ1v) is 9.31. The third kappa shape index (κ3) is 3.81. The zero-order valence-electron chi connectivity index (χ0n) is 14.0. The number of nitrogens with zero attached hydrogens (tertiary/aromatic N) is 2. The summed E-state index contributed by atoms with van der Waals surface area (Å²) in [5.41, 5.74) is 1.52. The van der Waals surface area contributed by atoms with Crippen LogP contribution in [0.5, 0.6) is 0 Å². The molecule has 1 atom stereocenters. The van der Waals surface area contributed by atoms with E-state index in [9.17, 15) is 18.0 Å². The van der Waals surface area contributed by atoms with E-state index in [-0.39, 0.29) is 0 Å². The Kier molecular flexibility index (Phi) is 5.38. The van der Waals surface area contributed by atoms with Crippen molar-refractivity contribution in [3.63, 3.8) is 0 Å². The van der Waals surface area contributed by atoms with Gasteiger partial charge >= 0.3 is 11.9 Å². The molecule has 1 unspecified atom stereocenters. The molecular weight excluding hydrogens is 330 g/mol. The SMILES string of the molecule is CCCCc1ccc(NS(=O)(=O)C2C=[N+](C)C(=O)N(C)C2=O)cc1. The molecule has 0 aromatic heterocycles. The molecule has 1 aliphatic rings. The fourth-order valence-corrected chi connectivity index (χ4v) is 3.77. The van der Waals surface area contributed by atoms with Crippen molar-refractivity contribution in [3.8, 4) is 0 Å². The number of carbonyl (C=O) groups excluding carboxylic acids is 2. The van der Waals surface area contributed by atoms with Crippen LogP contribution in [0.2, 0.25) is 0 Å². The molecule has 0 aliphatic carbocycles. The number of sulfonamides is 1. The number of urea groups is 1. The smallest absolute Gasteiger partial charge is 0.282 e. The summed E-state index contributed by atoms with van der Waals surface area (Å²) in [4.78, 5) is 24.6. The van der Waals surface area contributed by atoms with Crippen molar-refractivity contribution in [2.45, 2.75) is 31.4 Å². The Balaban J connectivity index is 2.19. The molecule has 24 heavy (non-hydrogen) atoms. The summed E-state index contributed by atoms with van der Waals surface area (Å²) in [5, 5.41) is -1.44. The van der Waals surface area contributed by atoms with E-state index in [1.807, 2.05) is 12.1 Å². The van der Waals surface area contributed by atoms with Gasteiger partial charge in [0.05, 0.1) is 14.1 Å². The lowest BCUT2D eigenvalue weighted by Gasteiger charge is -2.20. The maximum absolute atomic E-state index is 12.5. The Morgan fingerprint density at radius 2 is 1.83 bits per heavy atom. The van der Waals surface area contributed by atoms with Crippen LogP contribution >= 0.6 is 0 Å². The molecule has 7 nitrogen and oxygen atoms in total. The van der Waals surface area contributed by atoms with Crippen LogP contribution in [0.4, 0.5) is 10.5 Å². The number of anilines is 1. The van der Waals surface area contributed by atoms with E-state index in [0.717, 1.165) is 40.5 Å². The molecule has 0 saturated carbocycles. The van der Waals surface area contributed by atoms with Gasteiger partial charge < -0.3 is 0 Å². The van der Waals surface area contributed by atoms with Crippen LogP contribution in [0, 0.1) is 0 Å². The number of hydrogen-bond donors (Lipinski definition) is 1. The highest BCUT2D eigenvalue weighted by Crippen LogP contribution is 2.16. The molecule has 1 aliphatic heterocycles. The molecule has 0 spiro atoms. The van der Waals surface area contributed by atoms with Crippen LogP contribution in [0.1, 0.15) is 25.3 Å². The Labute approximate surface area is 142 Å². The summed E-state index contributed by atoms with van der Waals surface area (Å²) < 4.78 is 28.5. The largest absolute Gasteiger partial charge is 0.500 e. The van der Waals surface area contributed by atoms with Crippen LogP contribution in [-0.2, 0) is 21.2 Å². The molecule has 1 N–H and O–H groups in total. The highest BCUT2D eigenvalue weighted by molar-refractivity contribution is 7.94. The van der Waals surface area contributed by atoms with Crippen molar-refractivity contribution in [2.24, 2.45) is 0 Å². The topological polar surface area (TPSA) is 86.6 Å². The Morgan fingerprint density at radius 1 is 1.21 bits per heavy atom. The second-order valence-electron chi connectivity index (χ2n) is 5.81. The minimum atomic E-state index is -4.00. The first-order chi connectivity index (χ1) is 11.3. The van der Waals surface area contributed by atoms with Crippen LogP contribution in [0.3, 0.4) is 0 Å². The Bertz CT molecular complexity index is 769. The maximum Gasteiger partial charge on any atom is 0.500 e. The summed E-state index contributed by atoms with van der Waals surface area (Å²) in [6.45, 7) is 2.11. The number of benzene rings is 1. The summed E-state index contributed by atoms with van der Waals surface area (Å²) in [6.07, 6.45) is 4.22. The zero-order valence-corrected chi connectivity index (χ0v) is 14.8. The number of imide groups is 1. The highest BCUT2D eigenvalue weighted by atomic mass is 32.2. The summed E-state index contributed by atoms with van der Waals surface area (Å²) >= 11 is 0. The number of nitrogens with one attached hydrogen (secondary N) is 1. The third-order valence-corrected chi connectivity index (χ3v) is 5.40. The summed E-state index contributed by atoms with van der Waals surface area (Å²) in [5.74, 6) is -0.773. The zero-order chi connectivity index (χ0) is 17.9. The normalized spacial score (nSPS) is 18.5. The van der Waals surface area contributed by atoms with Gasteiger partial charge in [-0.2, -0.15) is 9.69 Å². The van der Waals surface area contributed by atoms with Crippen LogP contribution in [-0.4, -0.2) is 55.4 Å². The fourth-order valence-electron chi connectivity index (χ4n) is 2.41. The predicted molar refractivity (Wildman–Crippen MR) is 91.8 cm³/mol. The van der Waals surface area contributed by atoms with Gasteiger partial charge in [0.25, 0.3) is 10.0 Å². The molecular formula is C16H22N3O4S+. The first kappa shape index (κ1) is 18.1. The minimum absolute atomic E-state index is 0.388. The minimum Gasteiger partial charge on any atom is -0.282 e. The maximum atomic E-state index is 12.5. The first-order valence-electron chi connectivity index (χ1n) is 7.76. The Morgan fingerprint density at radius 3 is 2.42 bits per heavy atom. The van der Waals surface area contributed by atoms with Crippen LogP contribution < -0.4 is 4.72 Å². The molecule has 1 aromatic carbocycles. The van der Waals surface area contributed by atoms with Crippen LogP contribution in [0.25, 0.3) is 0 Å². The van der Waals surface area contributed by atoms with E-state index < -0.39 is 27.2 Å². The highest BCUT2D eigenvalue weighted by Gasteiger charge is 2.46. The molecule has 1 heterocycles. The fraction of sp³-hybridized carbons (Fsp3) is 0.438. The lowest BCUT2D eigenvalue weighted by molar-refractivity contribution is -0.399. The molecule has 0 bridgehead atoms. The van der Waals surface area contributed by atoms with E-state index in [4.69, 9.17) is 0 Å². The molecule has 0 fully saturated rings. The summed E-state index contributed by atoms with van der Waals surface area (Å²) in [7, 11) is -1.32. The van der Waals surface area contributed by atoms with E-state index in [1.165, 1.54) is 14.1 Å². The second-order valence-corrected chi connectivity index (χ2v) is 7.61. The number of amides is 3. The second kappa shape index (κ2) is 7.12. The van der Waals surface area contributed by atoms with Crippen LogP contribution in [0.15, 0.2) is 24.3 Å². The predicted octanol–water partition coefficient (Wildman–Crippen LogP) is 1.44. The van der Waals surface area contributed by atoms with Crippen molar-refractivity contribution in [2.75, 3.05) is 18.8 Å². The average Bonchev–Trinajstić information content (AvgIpc) is 2.55. The van der Waals surface area contributed by atoms with Crippen molar-refractivity contribution in [1.82, 2.24) is 4.90 Å². The van der Waals surface area contributed by atoms with Gasteiger partial charge in [0, 0.05) is 5.69 Å². The number of hydrogen-bond acceptors (Lipinski definition) is 4. The standard InChI is InChI=1S/C16H22N3O4S/c1-4-5-6-12-7-9-13(10-8-12)17-24(22,23)14-11-18(2)16(21)19(3)15(14)20/h7-11,14,17H,4-6H2,1-3H3/q+1. The Hall–Kier alpha value is -2.22. The van der Waals surface area contributed by atoms with E-state index in [2.05, 4.69) is 11.6 Å². The quantitative estimate of drug-likeness (QED) is 0.785. The van der Waals surface area contributed by atoms with Gasteiger partial charge in [0.15, 0.2) is 0 Å². The number of aryl methyl sites for hydroxylation is 1. The number of unbranched alkanes of at least 4 members (excludes halogenated alkanes) is 1. The third-order valence-electron chi connectivity index (χ3n) is 3.89. The molecule has 1 aromatic rings. The van der Waals surface area contributed by atoms with E-state index >= 15 is 0 Å². The van der Waals surface area contributed by atoms with Gasteiger partial charge in [-0.3, -0.25) is 4.72 Å². The van der Waals surface area contributed by atoms with Crippen molar-refractivity contribution < 1.29 is 22.6 Å². The average molecular weight is 352 g/mol. The van der Waals surface area contributed by atoms with Gasteiger partial charge in [0.2, 0.25) is 5.25 Å². The van der Waals surface area contributed by atoms with Crippen molar-refractivity contribution in [1.29, 1.82) is 0 Å². The molecule has 0 radical (unpaired) electrons. The lowest BCUT2D eigenvalue weighted by Crippen LogP contribution is -2.54. The molecule has 8 heteroatoms. The molecule has 3 amide bonds. The van der Waals surface area contributed by atoms with E-state index in [1.54, 1.807) is 12.1 Å². The van der Waals surface area contributed by atoms with E-state index in [0.29, 0.717) is 5.69 Å². The molecule has 2 rings (SSSR count). The molecule has 0 saturated heterocycles. The van der Waals surface area contributed by atoms with Gasteiger partial charge in [-0.15, -0.1) is 0 Å².